The van der Waals surface area contributed by atoms with E-state index in [9.17, 15) is 23.5 Å². The van der Waals surface area contributed by atoms with Crippen LogP contribution in [-0.4, -0.2) is 71.3 Å². The molecule has 0 spiro atoms. The molecule has 2 aromatic rings. The van der Waals surface area contributed by atoms with Crippen LogP contribution in [-0.2, 0) is 16.1 Å². The first-order valence-corrected chi connectivity index (χ1v) is 15.8. The van der Waals surface area contributed by atoms with Gasteiger partial charge in [-0.2, -0.15) is 0 Å². The molecule has 2 N–H and O–H groups in total. The van der Waals surface area contributed by atoms with Gasteiger partial charge in [0.1, 0.15) is 24.3 Å². The van der Waals surface area contributed by atoms with E-state index in [0.717, 1.165) is 57.8 Å². The van der Waals surface area contributed by atoms with Crippen molar-refractivity contribution < 1.29 is 28.2 Å². The third-order valence-electron chi connectivity index (χ3n) is 8.84. The smallest absolute Gasteiger partial charge is 0.410 e. The molecule has 1 amide bonds. The Hall–Kier alpha value is -3.04. The van der Waals surface area contributed by atoms with Crippen LogP contribution in [0, 0.1) is 23.5 Å². The maximum atomic E-state index is 13.6. The van der Waals surface area contributed by atoms with Crippen LogP contribution in [0.4, 0.5) is 13.6 Å². The maximum Gasteiger partial charge on any atom is 0.410 e. The normalized spacial score (nSPS) is 22.0. The van der Waals surface area contributed by atoms with Crippen molar-refractivity contribution in [2.75, 3.05) is 26.2 Å². The minimum absolute atomic E-state index is 0.0446. The van der Waals surface area contributed by atoms with Crippen LogP contribution in [0.3, 0.4) is 0 Å². The van der Waals surface area contributed by atoms with Gasteiger partial charge in [0, 0.05) is 44.3 Å². The van der Waals surface area contributed by atoms with E-state index in [2.05, 4.69) is 48.3 Å². The second kappa shape index (κ2) is 15.6. The van der Waals surface area contributed by atoms with Crippen LogP contribution in [0.15, 0.2) is 48.5 Å². The number of amides is 1. The molecule has 0 radical (unpaired) electrons. The van der Waals surface area contributed by atoms with Crippen molar-refractivity contribution in [3.63, 3.8) is 0 Å². The van der Waals surface area contributed by atoms with Crippen molar-refractivity contribution in [2.24, 2.45) is 11.8 Å². The lowest BCUT2D eigenvalue weighted by atomic mass is 9.88. The summed E-state index contributed by atoms with van der Waals surface area (Å²) in [5.74, 6) is -1.13. The number of nitrogens with zero attached hydrogens (tertiary/aromatic N) is 2. The molecular weight excluding hydrogens is 552 g/mol. The lowest BCUT2D eigenvalue weighted by Gasteiger charge is -2.39. The number of rotatable bonds is 13. The molecule has 3 unspecified atom stereocenters. The molecule has 4 atom stereocenters. The molecule has 0 bridgehead atoms. The topological polar surface area (TPSA) is 82.1 Å². The van der Waals surface area contributed by atoms with Crippen LogP contribution in [0.1, 0.15) is 76.3 Å². The van der Waals surface area contributed by atoms with E-state index in [4.69, 9.17) is 4.74 Å². The van der Waals surface area contributed by atoms with E-state index < -0.39 is 29.7 Å². The number of hydrogen-bond acceptors (Lipinski definition) is 5. The van der Waals surface area contributed by atoms with Crippen LogP contribution in [0.5, 0.6) is 0 Å². The van der Waals surface area contributed by atoms with Gasteiger partial charge in [-0.1, -0.05) is 51.1 Å². The highest BCUT2D eigenvalue weighted by atomic mass is 19.1. The third-order valence-corrected chi connectivity index (χ3v) is 8.84. The van der Waals surface area contributed by atoms with Gasteiger partial charge in [-0.25, -0.2) is 13.6 Å². The SMILES string of the molecule is CCCN(C(=O)OCc1cc(F)cc(F)c1)C1CCN(CC2CC(N[C@H](CC(C)C)C(=O)O)CC2c2ccccc2)CC1. The second-order valence-electron chi connectivity index (χ2n) is 12.7. The van der Waals surface area contributed by atoms with E-state index in [0.29, 0.717) is 30.7 Å². The lowest BCUT2D eigenvalue weighted by Crippen LogP contribution is -2.48. The lowest BCUT2D eigenvalue weighted by molar-refractivity contribution is -0.140. The largest absolute Gasteiger partial charge is 0.480 e. The molecule has 1 saturated carbocycles. The van der Waals surface area contributed by atoms with Crippen molar-refractivity contribution in [3.8, 4) is 0 Å². The summed E-state index contributed by atoms with van der Waals surface area (Å²) in [6, 6.07) is 13.3. The Morgan fingerprint density at radius 2 is 1.74 bits per heavy atom. The number of carboxylic acids is 1. The molecule has 0 aromatic heterocycles. The molecule has 2 aliphatic rings. The number of piperidine rings is 1. The summed E-state index contributed by atoms with van der Waals surface area (Å²) in [7, 11) is 0. The predicted octanol–water partition coefficient (Wildman–Crippen LogP) is 6.43. The number of likely N-dealkylation sites (tertiary alicyclic amines) is 1. The highest BCUT2D eigenvalue weighted by Gasteiger charge is 2.39. The molecule has 1 aliphatic carbocycles. The quantitative estimate of drug-likeness (QED) is 0.276. The monoisotopic (exact) mass is 599 g/mol. The Labute approximate surface area is 254 Å². The Kier molecular flexibility index (Phi) is 11.9. The fourth-order valence-electron chi connectivity index (χ4n) is 6.90. The summed E-state index contributed by atoms with van der Waals surface area (Å²) in [5.41, 5.74) is 1.59. The minimum Gasteiger partial charge on any atom is -0.480 e. The molecule has 4 rings (SSSR count). The zero-order valence-electron chi connectivity index (χ0n) is 25.7. The molecule has 9 heteroatoms. The fraction of sp³-hybridized carbons (Fsp3) is 0.588. The first kappa shape index (κ1) is 32.9. The van der Waals surface area contributed by atoms with E-state index in [1.807, 2.05) is 13.0 Å². The van der Waals surface area contributed by atoms with Crippen LogP contribution >= 0.6 is 0 Å². The van der Waals surface area contributed by atoms with Crippen molar-refractivity contribution in [1.29, 1.82) is 0 Å². The molecular formula is C34H47F2N3O4. The number of carbonyl (C=O) groups excluding carboxylic acids is 1. The zero-order chi connectivity index (χ0) is 30.9. The summed E-state index contributed by atoms with van der Waals surface area (Å²) in [6.45, 7) is 9.15. The zero-order valence-corrected chi connectivity index (χ0v) is 25.7. The highest BCUT2D eigenvalue weighted by Crippen LogP contribution is 2.41. The molecule has 43 heavy (non-hydrogen) atoms. The Morgan fingerprint density at radius 3 is 2.35 bits per heavy atom. The van der Waals surface area contributed by atoms with Crippen molar-refractivity contribution in [2.45, 2.75) is 89.9 Å². The van der Waals surface area contributed by atoms with E-state index in [1.165, 1.54) is 17.7 Å². The van der Waals surface area contributed by atoms with E-state index in [1.54, 1.807) is 4.90 Å². The van der Waals surface area contributed by atoms with Crippen molar-refractivity contribution >= 4 is 12.1 Å². The highest BCUT2D eigenvalue weighted by molar-refractivity contribution is 5.73. The van der Waals surface area contributed by atoms with Gasteiger partial charge in [0.05, 0.1) is 0 Å². The first-order valence-electron chi connectivity index (χ1n) is 15.8. The van der Waals surface area contributed by atoms with Crippen LogP contribution in [0.2, 0.25) is 0 Å². The molecule has 7 nitrogen and oxygen atoms in total. The van der Waals surface area contributed by atoms with Gasteiger partial charge in [-0.3, -0.25) is 4.79 Å². The molecule has 1 saturated heterocycles. The van der Waals surface area contributed by atoms with Crippen molar-refractivity contribution in [1.82, 2.24) is 15.1 Å². The standard InChI is InChI=1S/C34H47F2N3O4/c1-4-12-39(34(42)43-22-24-16-27(35)19-28(36)17-24)30-10-13-38(14-11-30)21-26-18-29(37-32(33(40)41)15-23(2)3)20-31(26)25-8-6-5-7-9-25/h5-9,16-17,19,23,26,29-32,37H,4,10-15,18,20-22H2,1-3H3,(H,40,41)/t26?,29?,31?,32-/m1/s1. The number of nitrogens with one attached hydrogen (secondary N) is 1. The third kappa shape index (κ3) is 9.47. The average molecular weight is 600 g/mol. The average Bonchev–Trinajstić information content (AvgIpc) is 3.36. The van der Waals surface area contributed by atoms with Gasteiger partial charge < -0.3 is 25.0 Å². The number of halogens is 2. The minimum atomic E-state index is -0.784. The fourth-order valence-corrected chi connectivity index (χ4v) is 6.90. The number of benzene rings is 2. The number of ether oxygens (including phenoxy) is 1. The molecule has 236 valence electrons. The molecule has 2 aromatic carbocycles. The Morgan fingerprint density at radius 1 is 1.07 bits per heavy atom. The van der Waals surface area contributed by atoms with E-state index in [-0.39, 0.29) is 24.3 Å². The summed E-state index contributed by atoms with van der Waals surface area (Å²) in [6.07, 6.45) is 4.43. The summed E-state index contributed by atoms with van der Waals surface area (Å²) < 4.78 is 32.6. The number of aliphatic carboxylic acids is 1. The van der Waals surface area contributed by atoms with Crippen molar-refractivity contribution in [3.05, 3.63) is 71.3 Å². The predicted molar refractivity (Wildman–Crippen MR) is 163 cm³/mol. The van der Waals surface area contributed by atoms with Gasteiger partial charge in [0.2, 0.25) is 0 Å². The number of carboxylic acid groups (broad SMARTS) is 1. The number of carbonyl (C=O) groups is 2. The van der Waals surface area contributed by atoms with Gasteiger partial charge in [-0.05, 0) is 79.5 Å². The number of hydrogen-bond donors (Lipinski definition) is 2. The summed E-state index contributed by atoms with van der Waals surface area (Å²) >= 11 is 0. The van der Waals surface area contributed by atoms with Gasteiger partial charge >= 0.3 is 12.1 Å². The maximum absolute atomic E-state index is 13.6. The van der Waals surface area contributed by atoms with E-state index >= 15 is 0 Å². The van der Waals surface area contributed by atoms with Gasteiger partial charge in [-0.15, -0.1) is 0 Å². The summed E-state index contributed by atoms with van der Waals surface area (Å²) in [4.78, 5) is 29.2. The Balaban J connectivity index is 1.35. The van der Waals surface area contributed by atoms with Gasteiger partial charge in [0.25, 0.3) is 0 Å². The molecule has 1 heterocycles. The van der Waals surface area contributed by atoms with Crippen LogP contribution < -0.4 is 5.32 Å². The molecule has 1 aliphatic heterocycles. The van der Waals surface area contributed by atoms with Crippen LogP contribution in [0.25, 0.3) is 0 Å². The Bertz CT molecular complexity index is 1170. The molecule has 2 fully saturated rings. The van der Waals surface area contributed by atoms with Gasteiger partial charge in [0.15, 0.2) is 0 Å². The second-order valence-corrected chi connectivity index (χ2v) is 12.7. The summed E-state index contributed by atoms with van der Waals surface area (Å²) in [5, 5.41) is 13.3. The first-order chi connectivity index (χ1) is 20.6.